The van der Waals surface area contributed by atoms with Crippen molar-refractivity contribution in [2.75, 3.05) is 0 Å². The number of benzene rings is 1. The van der Waals surface area contributed by atoms with Crippen LogP contribution in [-0.4, -0.2) is 34.7 Å². The minimum absolute atomic E-state index is 0.0386. The summed E-state index contributed by atoms with van der Waals surface area (Å²) in [6, 6.07) is 1.16. The number of amides is 3. The van der Waals surface area contributed by atoms with E-state index in [1.54, 1.807) is 0 Å². The number of carbonyl (C=O) groups is 3. The summed E-state index contributed by atoms with van der Waals surface area (Å²) in [5, 5.41) is 16.9. The zero-order chi connectivity index (χ0) is 24.4. The third-order valence-corrected chi connectivity index (χ3v) is 5.95. The molecule has 1 saturated carbocycles. The van der Waals surface area contributed by atoms with Gasteiger partial charge in [-0.2, -0.15) is 0 Å². The molecule has 6 N–H and O–H groups in total. The third-order valence-electron chi connectivity index (χ3n) is 5.95. The number of hydrogen-bond donors (Lipinski definition) is 5. The average molecular weight is 469 g/mol. The molecule has 3 amide bonds. The number of carbonyl (C=O) groups excluding carboxylic acids is 2. The Hall–Kier alpha value is -2.75. The van der Waals surface area contributed by atoms with Gasteiger partial charge in [-0.25, -0.2) is 18.4 Å². The fraction of sp³-hybridized carbons (Fsp3) is 0.609. The summed E-state index contributed by atoms with van der Waals surface area (Å²) >= 11 is 0. The lowest BCUT2D eigenvalue weighted by Gasteiger charge is -2.29. The Balaban J connectivity index is 2.07. The molecular formula is C23H34F2N4O4. The summed E-state index contributed by atoms with van der Waals surface area (Å²) in [5.74, 6) is -3.17. The second-order valence-corrected chi connectivity index (χ2v) is 8.77. The number of nitrogens with two attached hydrogens (primary N) is 1. The molecule has 10 heteroatoms. The van der Waals surface area contributed by atoms with Crippen LogP contribution in [0, 0.1) is 17.6 Å². The predicted octanol–water partition coefficient (Wildman–Crippen LogP) is 3.15. The molecule has 0 saturated heterocycles. The van der Waals surface area contributed by atoms with E-state index in [-0.39, 0.29) is 24.4 Å². The molecule has 1 aliphatic rings. The van der Waals surface area contributed by atoms with E-state index in [2.05, 4.69) is 16.0 Å². The van der Waals surface area contributed by atoms with Crippen LogP contribution in [-0.2, 0) is 16.1 Å². The molecule has 0 aliphatic heterocycles. The van der Waals surface area contributed by atoms with Crippen LogP contribution in [0.15, 0.2) is 18.2 Å². The predicted molar refractivity (Wildman–Crippen MR) is 119 cm³/mol. The lowest BCUT2D eigenvalue weighted by Crippen LogP contribution is -2.65. The van der Waals surface area contributed by atoms with E-state index in [4.69, 9.17) is 5.73 Å². The van der Waals surface area contributed by atoms with Crippen molar-refractivity contribution in [3.05, 3.63) is 35.4 Å². The zero-order valence-corrected chi connectivity index (χ0v) is 19.0. The van der Waals surface area contributed by atoms with Crippen molar-refractivity contribution >= 4 is 17.9 Å². The third kappa shape index (κ3) is 8.60. The van der Waals surface area contributed by atoms with Crippen molar-refractivity contribution in [3.63, 3.8) is 0 Å². The standard InChI is InChI=1S/C23H34F2N4O4/c1-2-3-9-23(26,21(31)32)29-22(33)28-19(12-15-7-5-4-6-8-15)20(30)27-14-16-10-17(24)13-18(25)11-16/h10-11,13,15,19H,2-9,12,14,26H2,1H3,(H,27,30)(H,31,32)(H2,28,29,33)/t19-,23?/m1/s1. The van der Waals surface area contributed by atoms with E-state index in [0.29, 0.717) is 19.3 Å². The van der Waals surface area contributed by atoms with Gasteiger partial charge >= 0.3 is 12.0 Å². The fourth-order valence-corrected chi connectivity index (χ4v) is 4.09. The van der Waals surface area contributed by atoms with Crippen LogP contribution in [0.4, 0.5) is 13.6 Å². The lowest BCUT2D eigenvalue weighted by atomic mass is 9.84. The Bertz CT molecular complexity index is 812. The van der Waals surface area contributed by atoms with Crippen LogP contribution < -0.4 is 21.7 Å². The van der Waals surface area contributed by atoms with Gasteiger partial charge in [0.2, 0.25) is 5.91 Å². The maximum atomic E-state index is 13.4. The molecule has 0 heterocycles. The van der Waals surface area contributed by atoms with Gasteiger partial charge in [-0.15, -0.1) is 0 Å². The molecule has 0 bridgehead atoms. The minimum Gasteiger partial charge on any atom is -0.478 e. The van der Waals surface area contributed by atoms with Gasteiger partial charge in [-0.1, -0.05) is 45.4 Å². The van der Waals surface area contributed by atoms with E-state index in [1.165, 1.54) is 0 Å². The maximum Gasteiger partial charge on any atom is 0.344 e. The van der Waals surface area contributed by atoms with Crippen molar-refractivity contribution in [3.8, 4) is 0 Å². The molecule has 0 aromatic heterocycles. The van der Waals surface area contributed by atoms with Gasteiger partial charge in [-0.3, -0.25) is 10.5 Å². The van der Waals surface area contributed by atoms with Crippen LogP contribution in [0.5, 0.6) is 0 Å². The van der Waals surface area contributed by atoms with E-state index in [1.807, 2.05) is 6.92 Å². The van der Waals surface area contributed by atoms with Crippen molar-refractivity contribution < 1.29 is 28.3 Å². The lowest BCUT2D eigenvalue weighted by molar-refractivity contribution is -0.144. The average Bonchev–Trinajstić information content (AvgIpc) is 2.75. The maximum absolute atomic E-state index is 13.4. The number of carboxylic acid groups (broad SMARTS) is 1. The highest BCUT2D eigenvalue weighted by Crippen LogP contribution is 2.27. The summed E-state index contributed by atoms with van der Waals surface area (Å²) < 4.78 is 26.9. The monoisotopic (exact) mass is 468 g/mol. The molecule has 0 spiro atoms. The largest absolute Gasteiger partial charge is 0.478 e. The van der Waals surface area contributed by atoms with Crippen molar-refractivity contribution in [2.45, 2.75) is 83.0 Å². The summed E-state index contributed by atoms with van der Waals surface area (Å²) in [7, 11) is 0. The second kappa shape index (κ2) is 12.5. The number of unbranched alkanes of at least 4 members (excludes halogenated alkanes) is 1. The molecule has 1 unspecified atom stereocenters. The first-order chi connectivity index (χ1) is 15.6. The molecule has 8 nitrogen and oxygen atoms in total. The molecule has 1 aromatic carbocycles. The highest BCUT2D eigenvalue weighted by Gasteiger charge is 2.36. The summed E-state index contributed by atoms with van der Waals surface area (Å²) in [5.41, 5.74) is 4.17. The van der Waals surface area contributed by atoms with E-state index < -0.39 is 41.2 Å². The van der Waals surface area contributed by atoms with E-state index >= 15 is 0 Å². The number of carboxylic acids is 1. The summed E-state index contributed by atoms with van der Waals surface area (Å²) in [6.45, 7) is 1.75. The van der Waals surface area contributed by atoms with Gasteiger partial charge < -0.3 is 21.1 Å². The van der Waals surface area contributed by atoms with Crippen LogP contribution in [0.25, 0.3) is 0 Å². The van der Waals surface area contributed by atoms with Crippen molar-refractivity contribution in [1.29, 1.82) is 0 Å². The smallest absolute Gasteiger partial charge is 0.344 e. The normalized spacial score (nSPS) is 17.0. The second-order valence-electron chi connectivity index (χ2n) is 8.77. The Morgan fingerprint density at radius 1 is 1.15 bits per heavy atom. The molecule has 0 radical (unpaired) electrons. The Morgan fingerprint density at radius 3 is 2.36 bits per heavy atom. The highest BCUT2D eigenvalue weighted by atomic mass is 19.1. The number of urea groups is 1. The topological polar surface area (TPSA) is 134 Å². The first-order valence-corrected chi connectivity index (χ1v) is 11.5. The van der Waals surface area contributed by atoms with Gasteiger partial charge in [0.1, 0.15) is 17.7 Å². The first kappa shape index (κ1) is 26.5. The van der Waals surface area contributed by atoms with E-state index in [0.717, 1.165) is 50.3 Å². The SMILES string of the molecule is CCCCC(N)(NC(=O)N[C@H](CC1CCCCC1)C(=O)NCc1cc(F)cc(F)c1)C(=O)O. The zero-order valence-electron chi connectivity index (χ0n) is 19.0. The molecule has 1 aromatic rings. The Kier molecular flexibility index (Phi) is 10.0. The number of aliphatic carboxylic acids is 1. The molecule has 1 aliphatic carbocycles. The molecule has 184 valence electrons. The van der Waals surface area contributed by atoms with Crippen molar-refractivity contribution in [1.82, 2.24) is 16.0 Å². The minimum atomic E-state index is -1.95. The number of nitrogens with one attached hydrogen (secondary N) is 3. The van der Waals surface area contributed by atoms with Crippen molar-refractivity contribution in [2.24, 2.45) is 11.7 Å². The van der Waals surface area contributed by atoms with Crippen LogP contribution >= 0.6 is 0 Å². The van der Waals surface area contributed by atoms with Crippen LogP contribution in [0.2, 0.25) is 0 Å². The van der Waals surface area contributed by atoms with Gasteiger partial charge in [0.05, 0.1) is 0 Å². The molecule has 2 atom stereocenters. The number of halogens is 2. The van der Waals surface area contributed by atoms with E-state index in [9.17, 15) is 28.3 Å². The summed E-state index contributed by atoms with van der Waals surface area (Å²) in [4.78, 5) is 37.1. The van der Waals surface area contributed by atoms with Crippen LogP contribution in [0.3, 0.4) is 0 Å². The number of rotatable bonds is 11. The van der Waals surface area contributed by atoms with Crippen LogP contribution in [0.1, 0.15) is 70.3 Å². The molecule has 33 heavy (non-hydrogen) atoms. The first-order valence-electron chi connectivity index (χ1n) is 11.5. The molecule has 2 rings (SSSR count). The fourth-order valence-electron chi connectivity index (χ4n) is 4.09. The van der Waals surface area contributed by atoms with Gasteiger partial charge in [0.15, 0.2) is 5.66 Å². The quantitative estimate of drug-likeness (QED) is 0.318. The Morgan fingerprint density at radius 2 is 1.79 bits per heavy atom. The molecule has 1 fully saturated rings. The summed E-state index contributed by atoms with van der Waals surface area (Å²) in [6.07, 6.45) is 6.66. The Labute approximate surface area is 192 Å². The number of hydrogen-bond acceptors (Lipinski definition) is 4. The van der Waals surface area contributed by atoms with Gasteiger partial charge in [0.25, 0.3) is 0 Å². The van der Waals surface area contributed by atoms with Gasteiger partial charge in [0, 0.05) is 12.6 Å². The van der Waals surface area contributed by atoms with Gasteiger partial charge in [-0.05, 0) is 42.9 Å². The highest BCUT2D eigenvalue weighted by molar-refractivity contribution is 5.90. The molecular weight excluding hydrogens is 434 g/mol.